The lowest BCUT2D eigenvalue weighted by Gasteiger charge is -2.08. The number of thioether (sulfide) groups is 1. The molecule has 0 aromatic carbocycles. The summed E-state index contributed by atoms with van der Waals surface area (Å²) in [4.78, 5) is 11.0. The molecule has 1 aromatic heterocycles. The summed E-state index contributed by atoms with van der Waals surface area (Å²) >= 11 is 1.81. The molecule has 0 unspecified atom stereocenters. The van der Waals surface area contributed by atoms with Gasteiger partial charge >= 0.3 is 5.97 Å². The molecule has 0 saturated heterocycles. The minimum atomic E-state index is -0.991. The molecule has 1 heterocycles. The molecule has 0 aliphatic heterocycles. The summed E-state index contributed by atoms with van der Waals surface area (Å²) in [6.07, 6.45) is 0.700. The monoisotopic (exact) mass is 257 g/mol. The lowest BCUT2D eigenvalue weighted by atomic mass is 10.1. The summed E-state index contributed by atoms with van der Waals surface area (Å²) in [5.74, 6) is 1.39. The minimum absolute atomic E-state index is 0.0974. The number of nitrogens with zero attached hydrogens (tertiary/aromatic N) is 3. The second kappa shape index (κ2) is 6.64. The van der Waals surface area contributed by atoms with E-state index in [0.29, 0.717) is 12.3 Å². The molecule has 1 aromatic rings. The van der Waals surface area contributed by atoms with Crippen molar-refractivity contribution in [2.75, 3.05) is 11.5 Å². The zero-order chi connectivity index (χ0) is 12.8. The van der Waals surface area contributed by atoms with Crippen molar-refractivity contribution in [3.63, 3.8) is 0 Å². The SMILES string of the molecule is CCSCCn1nnc(C(=O)O)c1CC(C)C. The van der Waals surface area contributed by atoms with Crippen LogP contribution in [0.1, 0.15) is 37.0 Å². The standard InChI is InChI=1S/C11H19N3O2S/c1-4-17-6-5-14-9(7-8(2)3)10(11(15)16)12-13-14/h8H,4-7H2,1-3H3,(H,15,16). The Labute approximate surface area is 106 Å². The quantitative estimate of drug-likeness (QED) is 0.756. The number of hydrogen-bond acceptors (Lipinski definition) is 4. The molecular formula is C11H19N3O2S. The van der Waals surface area contributed by atoms with Crippen LogP contribution in [0.5, 0.6) is 0 Å². The van der Waals surface area contributed by atoms with Gasteiger partial charge in [0.25, 0.3) is 0 Å². The van der Waals surface area contributed by atoms with Gasteiger partial charge in [-0.1, -0.05) is 26.0 Å². The summed E-state index contributed by atoms with van der Waals surface area (Å²) in [6, 6.07) is 0. The fourth-order valence-corrected chi connectivity index (χ4v) is 2.15. The first-order valence-electron chi connectivity index (χ1n) is 5.79. The predicted octanol–water partition coefficient (Wildman–Crippen LogP) is 1.93. The van der Waals surface area contributed by atoms with Crippen LogP contribution in [0.3, 0.4) is 0 Å². The van der Waals surface area contributed by atoms with E-state index in [4.69, 9.17) is 5.11 Å². The fourth-order valence-electron chi connectivity index (χ4n) is 1.56. The van der Waals surface area contributed by atoms with Gasteiger partial charge < -0.3 is 5.11 Å². The molecule has 0 amide bonds. The van der Waals surface area contributed by atoms with Crippen molar-refractivity contribution < 1.29 is 9.90 Å². The fraction of sp³-hybridized carbons (Fsp3) is 0.727. The average Bonchev–Trinajstić information content (AvgIpc) is 2.61. The number of carboxylic acid groups (broad SMARTS) is 1. The first kappa shape index (κ1) is 14.0. The molecule has 0 atom stereocenters. The highest BCUT2D eigenvalue weighted by atomic mass is 32.2. The molecular weight excluding hydrogens is 238 g/mol. The Morgan fingerprint density at radius 1 is 1.53 bits per heavy atom. The normalized spacial score (nSPS) is 11.1. The van der Waals surface area contributed by atoms with Gasteiger partial charge in [-0.15, -0.1) is 5.10 Å². The van der Waals surface area contributed by atoms with Crippen molar-refractivity contribution in [3.05, 3.63) is 11.4 Å². The van der Waals surface area contributed by atoms with Gasteiger partial charge in [0, 0.05) is 5.75 Å². The summed E-state index contributed by atoms with van der Waals surface area (Å²) in [6.45, 7) is 6.94. The molecule has 1 N–H and O–H groups in total. The number of aromatic carboxylic acids is 1. The van der Waals surface area contributed by atoms with Gasteiger partial charge in [-0.25, -0.2) is 9.48 Å². The van der Waals surface area contributed by atoms with E-state index in [9.17, 15) is 4.79 Å². The van der Waals surface area contributed by atoms with Crippen molar-refractivity contribution in [2.24, 2.45) is 5.92 Å². The Kier molecular flexibility index (Phi) is 5.47. The number of carboxylic acids is 1. The predicted molar refractivity (Wildman–Crippen MR) is 68.5 cm³/mol. The third-order valence-electron chi connectivity index (χ3n) is 2.29. The summed E-state index contributed by atoms with van der Waals surface area (Å²) in [7, 11) is 0. The van der Waals surface area contributed by atoms with Gasteiger partial charge in [0.15, 0.2) is 5.69 Å². The van der Waals surface area contributed by atoms with Crippen molar-refractivity contribution >= 4 is 17.7 Å². The molecule has 96 valence electrons. The van der Waals surface area contributed by atoms with Gasteiger partial charge in [0.05, 0.1) is 12.2 Å². The summed E-state index contributed by atoms with van der Waals surface area (Å²) < 4.78 is 1.73. The maximum Gasteiger partial charge on any atom is 0.358 e. The van der Waals surface area contributed by atoms with E-state index >= 15 is 0 Å². The van der Waals surface area contributed by atoms with Gasteiger partial charge in [0.1, 0.15) is 0 Å². The molecule has 0 bridgehead atoms. The highest BCUT2D eigenvalue weighted by molar-refractivity contribution is 7.99. The Morgan fingerprint density at radius 2 is 2.24 bits per heavy atom. The second-order valence-electron chi connectivity index (χ2n) is 4.21. The Balaban J connectivity index is 2.84. The van der Waals surface area contributed by atoms with Crippen LogP contribution in [0.2, 0.25) is 0 Å². The topological polar surface area (TPSA) is 68.0 Å². The molecule has 0 saturated carbocycles. The van der Waals surface area contributed by atoms with Crippen LogP contribution in [0, 0.1) is 5.92 Å². The van der Waals surface area contributed by atoms with Crippen LogP contribution >= 0.6 is 11.8 Å². The molecule has 6 heteroatoms. The van der Waals surface area contributed by atoms with Gasteiger partial charge in [-0.2, -0.15) is 11.8 Å². The van der Waals surface area contributed by atoms with E-state index in [1.807, 2.05) is 11.8 Å². The summed E-state index contributed by atoms with van der Waals surface area (Å²) in [5.41, 5.74) is 0.837. The lowest BCUT2D eigenvalue weighted by Crippen LogP contribution is -2.12. The largest absolute Gasteiger partial charge is 0.476 e. The van der Waals surface area contributed by atoms with Crippen molar-refractivity contribution in [3.8, 4) is 0 Å². The van der Waals surface area contributed by atoms with Crippen LogP contribution < -0.4 is 0 Å². The van der Waals surface area contributed by atoms with Crippen LogP contribution in [0.4, 0.5) is 0 Å². The molecule has 5 nitrogen and oxygen atoms in total. The Morgan fingerprint density at radius 3 is 2.76 bits per heavy atom. The molecule has 1 rings (SSSR count). The summed E-state index contributed by atoms with van der Waals surface area (Å²) in [5, 5.41) is 16.7. The highest BCUT2D eigenvalue weighted by Crippen LogP contribution is 2.13. The van der Waals surface area contributed by atoms with Crippen LogP contribution in [0.25, 0.3) is 0 Å². The first-order chi connectivity index (χ1) is 8.06. The smallest absolute Gasteiger partial charge is 0.358 e. The molecule has 0 aliphatic rings. The Bertz CT molecular complexity index is 377. The molecule has 0 spiro atoms. The van der Waals surface area contributed by atoms with Gasteiger partial charge in [-0.05, 0) is 18.1 Å². The number of hydrogen-bond donors (Lipinski definition) is 1. The second-order valence-corrected chi connectivity index (χ2v) is 5.60. The van der Waals surface area contributed by atoms with Crippen LogP contribution in [-0.2, 0) is 13.0 Å². The van der Waals surface area contributed by atoms with Crippen molar-refractivity contribution in [1.82, 2.24) is 15.0 Å². The number of carbonyl (C=O) groups is 1. The van der Waals surface area contributed by atoms with E-state index in [0.717, 1.165) is 23.7 Å². The maximum absolute atomic E-state index is 11.0. The average molecular weight is 257 g/mol. The third-order valence-corrected chi connectivity index (χ3v) is 3.17. The van der Waals surface area contributed by atoms with Gasteiger partial charge in [0.2, 0.25) is 0 Å². The lowest BCUT2D eigenvalue weighted by molar-refractivity contribution is 0.0689. The highest BCUT2D eigenvalue weighted by Gasteiger charge is 2.19. The zero-order valence-electron chi connectivity index (χ0n) is 10.5. The van der Waals surface area contributed by atoms with Crippen molar-refractivity contribution in [2.45, 2.75) is 33.7 Å². The van der Waals surface area contributed by atoms with E-state index in [1.54, 1.807) is 4.68 Å². The minimum Gasteiger partial charge on any atom is -0.476 e. The maximum atomic E-state index is 11.0. The molecule has 0 radical (unpaired) electrons. The van der Waals surface area contributed by atoms with E-state index in [-0.39, 0.29) is 5.69 Å². The molecule has 0 aliphatic carbocycles. The Hall–Kier alpha value is -1.04. The van der Waals surface area contributed by atoms with Crippen LogP contribution in [-0.4, -0.2) is 37.6 Å². The molecule has 0 fully saturated rings. The number of rotatable bonds is 7. The molecule has 17 heavy (non-hydrogen) atoms. The third kappa shape index (κ3) is 4.03. The van der Waals surface area contributed by atoms with Crippen molar-refractivity contribution in [1.29, 1.82) is 0 Å². The zero-order valence-corrected chi connectivity index (χ0v) is 11.3. The van der Waals surface area contributed by atoms with E-state index in [2.05, 4.69) is 31.1 Å². The van der Waals surface area contributed by atoms with Gasteiger partial charge in [-0.3, -0.25) is 0 Å². The van der Waals surface area contributed by atoms with E-state index < -0.39 is 5.97 Å². The number of aromatic nitrogens is 3. The first-order valence-corrected chi connectivity index (χ1v) is 6.95. The van der Waals surface area contributed by atoms with Crippen LogP contribution in [0.15, 0.2) is 0 Å². The van der Waals surface area contributed by atoms with E-state index in [1.165, 1.54) is 0 Å². The number of aryl methyl sites for hydroxylation is 1.